The van der Waals surface area contributed by atoms with E-state index in [0.717, 1.165) is 0 Å². The molecule has 0 saturated heterocycles. The first-order chi connectivity index (χ1) is 13.3. The molecule has 0 amide bonds. The van der Waals surface area contributed by atoms with Crippen LogP contribution in [0.4, 0.5) is 10.1 Å². The highest BCUT2D eigenvalue weighted by atomic mass is 19.1. The highest BCUT2D eigenvalue weighted by molar-refractivity contribution is 5.88. The predicted molar refractivity (Wildman–Crippen MR) is 103 cm³/mol. The Morgan fingerprint density at radius 3 is 2.71 bits per heavy atom. The van der Waals surface area contributed by atoms with Gasteiger partial charge in [0, 0.05) is 49.7 Å². The summed E-state index contributed by atoms with van der Waals surface area (Å²) in [6, 6.07) is 4.12. The number of methoxy groups -OCH3 is 1. The second-order valence-corrected chi connectivity index (χ2v) is 7.01. The summed E-state index contributed by atoms with van der Waals surface area (Å²) in [6.07, 6.45) is 1.65. The van der Waals surface area contributed by atoms with Gasteiger partial charge in [0.15, 0.2) is 17.0 Å². The Labute approximate surface area is 161 Å². The summed E-state index contributed by atoms with van der Waals surface area (Å²) in [7, 11) is 1.59. The largest absolute Gasteiger partial charge is 0.490 e. The lowest BCUT2D eigenvalue weighted by Gasteiger charge is -2.35. The van der Waals surface area contributed by atoms with Crippen LogP contribution in [-0.2, 0) is 4.74 Å². The number of nitrogens with one attached hydrogen (secondary N) is 1. The Balaban J connectivity index is 2.07. The van der Waals surface area contributed by atoms with Crippen LogP contribution in [0.5, 0.6) is 5.75 Å². The number of carboxylic acid groups (broad SMARTS) is 1. The van der Waals surface area contributed by atoms with Crippen molar-refractivity contribution in [1.29, 1.82) is 0 Å². The van der Waals surface area contributed by atoms with E-state index in [0.29, 0.717) is 36.6 Å². The Morgan fingerprint density at radius 1 is 1.32 bits per heavy atom. The molecule has 2 N–H and O–H groups in total. The first kappa shape index (κ1) is 19.9. The van der Waals surface area contributed by atoms with Crippen molar-refractivity contribution in [3.8, 4) is 17.0 Å². The van der Waals surface area contributed by atoms with Gasteiger partial charge in [0.25, 0.3) is 0 Å². The molecule has 0 aliphatic carbocycles. The van der Waals surface area contributed by atoms with E-state index < -0.39 is 17.2 Å². The van der Waals surface area contributed by atoms with Gasteiger partial charge in [0.05, 0.1) is 12.3 Å². The molecule has 1 aromatic heterocycles. The summed E-state index contributed by atoms with van der Waals surface area (Å²) in [5, 5.41) is 12.6. The molecule has 1 aliphatic heterocycles. The first-order valence-corrected chi connectivity index (χ1v) is 9.05. The monoisotopic (exact) mass is 390 g/mol. The van der Waals surface area contributed by atoms with Gasteiger partial charge in [-0.05, 0) is 12.0 Å². The smallest absolute Gasteiger partial charge is 0.341 e. The van der Waals surface area contributed by atoms with E-state index in [4.69, 9.17) is 9.47 Å². The molecule has 150 valence electrons. The summed E-state index contributed by atoms with van der Waals surface area (Å²) in [5.41, 5.74) is 0.636. The van der Waals surface area contributed by atoms with E-state index >= 15 is 0 Å². The van der Waals surface area contributed by atoms with Crippen LogP contribution < -0.4 is 15.5 Å². The van der Waals surface area contributed by atoms with Gasteiger partial charge in [0.1, 0.15) is 11.7 Å². The molecule has 2 heterocycles. The number of aromatic nitrogens is 1. The minimum Gasteiger partial charge on any atom is -0.490 e. The molecule has 3 rings (SSSR count). The highest BCUT2D eigenvalue weighted by Gasteiger charge is 2.28. The van der Waals surface area contributed by atoms with Crippen LogP contribution in [0.1, 0.15) is 36.8 Å². The Bertz CT molecular complexity index is 954. The number of nitrogens with zero attached hydrogens (tertiary/aromatic N) is 1. The second-order valence-electron chi connectivity index (χ2n) is 7.01. The van der Waals surface area contributed by atoms with Gasteiger partial charge < -0.3 is 24.5 Å². The number of hydrogen-bond acceptors (Lipinski definition) is 5. The molecule has 28 heavy (non-hydrogen) atoms. The number of pyridine rings is 1. The van der Waals surface area contributed by atoms with Crippen molar-refractivity contribution in [3.05, 3.63) is 46.0 Å². The zero-order valence-electron chi connectivity index (χ0n) is 16.0. The number of halogens is 1. The molecule has 1 aromatic carbocycles. The molecular formula is C20H23FN2O5. The third-order valence-electron chi connectivity index (χ3n) is 4.64. The van der Waals surface area contributed by atoms with Gasteiger partial charge in [-0.2, -0.15) is 0 Å². The van der Waals surface area contributed by atoms with Crippen molar-refractivity contribution in [2.24, 2.45) is 5.92 Å². The normalized spacial score (nSPS) is 15.0. The molecule has 1 aliphatic rings. The number of hydrogen-bond donors (Lipinski definition) is 2. The van der Waals surface area contributed by atoms with Gasteiger partial charge in [-0.3, -0.25) is 4.79 Å². The van der Waals surface area contributed by atoms with Crippen LogP contribution >= 0.6 is 0 Å². The Morgan fingerprint density at radius 2 is 2.07 bits per heavy atom. The first-order valence-electron chi connectivity index (χ1n) is 9.05. The molecule has 0 saturated carbocycles. The van der Waals surface area contributed by atoms with E-state index in [-0.39, 0.29) is 23.4 Å². The third-order valence-corrected chi connectivity index (χ3v) is 4.64. The molecule has 0 spiro atoms. The Kier molecular flexibility index (Phi) is 5.69. The minimum atomic E-state index is -1.29. The van der Waals surface area contributed by atoms with E-state index in [1.807, 2.05) is 13.8 Å². The zero-order valence-corrected chi connectivity index (χ0v) is 16.0. The van der Waals surface area contributed by atoms with E-state index in [1.165, 1.54) is 18.3 Å². The van der Waals surface area contributed by atoms with E-state index in [9.17, 15) is 19.1 Å². The fourth-order valence-electron chi connectivity index (χ4n) is 3.25. The SMILES string of the molecule is COCCCOc1cc2c(cc1F)-c1cc(=O)c(C(=O)O)cn1C(C(C)C)N2. The number of benzene rings is 1. The molecule has 2 aromatic rings. The predicted octanol–water partition coefficient (Wildman–Crippen LogP) is 3.35. The lowest BCUT2D eigenvalue weighted by Crippen LogP contribution is -2.31. The summed E-state index contributed by atoms with van der Waals surface area (Å²) >= 11 is 0. The minimum absolute atomic E-state index is 0.0761. The maximum absolute atomic E-state index is 14.6. The number of anilines is 1. The molecule has 0 bridgehead atoms. The fraction of sp³-hybridized carbons (Fsp3) is 0.400. The van der Waals surface area contributed by atoms with Gasteiger partial charge >= 0.3 is 5.97 Å². The number of carbonyl (C=O) groups is 1. The molecule has 7 nitrogen and oxygen atoms in total. The summed E-state index contributed by atoms with van der Waals surface area (Å²) < 4.78 is 26.7. The van der Waals surface area contributed by atoms with Crippen LogP contribution in [0.25, 0.3) is 11.3 Å². The number of aromatic carboxylic acids is 1. The van der Waals surface area contributed by atoms with Crippen LogP contribution in [0.2, 0.25) is 0 Å². The van der Waals surface area contributed by atoms with Crippen molar-refractivity contribution >= 4 is 11.7 Å². The number of ether oxygens (including phenoxy) is 2. The topological polar surface area (TPSA) is 89.8 Å². The number of carboxylic acids is 1. The van der Waals surface area contributed by atoms with E-state index in [2.05, 4.69) is 5.32 Å². The molecule has 1 atom stereocenters. The second kappa shape index (κ2) is 8.02. The van der Waals surface area contributed by atoms with Gasteiger partial charge in [-0.25, -0.2) is 9.18 Å². The quantitative estimate of drug-likeness (QED) is 0.705. The van der Waals surface area contributed by atoms with Crippen LogP contribution in [0, 0.1) is 11.7 Å². The lowest BCUT2D eigenvalue weighted by molar-refractivity contribution is 0.0694. The van der Waals surface area contributed by atoms with Crippen LogP contribution in [0.3, 0.4) is 0 Å². The van der Waals surface area contributed by atoms with Crippen LogP contribution in [0.15, 0.2) is 29.2 Å². The van der Waals surface area contributed by atoms with Crippen molar-refractivity contribution in [1.82, 2.24) is 4.57 Å². The summed E-state index contributed by atoms with van der Waals surface area (Å²) in [6.45, 7) is 4.77. The number of rotatable bonds is 7. The third kappa shape index (κ3) is 3.73. The van der Waals surface area contributed by atoms with Gasteiger partial charge in [0.2, 0.25) is 0 Å². The van der Waals surface area contributed by atoms with Crippen molar-refractivity contribution in [2.75, 3.05) is 25.6 Å². The van der Waals surface area contributed by atoms with Gasteiger partial charge in [-0.15, -0.1) is 0 Å². The average molecular weight is 390 g/mol. The molecular weight excluding hydrogens is 367 g/mol. The standard InChI is InChI=1S/C20H23FN2O5/c1-11(2)19-22-15-8-18(28-6-4-5-27-3)14(21)7-12(15)16-9-17(24)13(20(25)26)10-23(16)19/h7-11,19,22H,4-6H2,1-3H3,(H,25,26). The number of fused-ring (bicyclic) bond motifs is 3. The van der Waals surface area contributed by atoms with Gasteiger partial charge in [-0.1, -0.05) is 13.8 Å². The Hall–Kier alpha value is -2.87. The maximum Gasteiger partial charge on any atom is 0.341 e. The summed E-state index contributed by atoms with van der Waals surface area (Å²) in [4.78, 5) is 23.6. The molecule has 8 heteroatoms. The summed E-state index contributed by atoms with van der Waals surface area (Å²) in [5.74, 6) is -1.66. The molecule has 0 radical (unpaired) electrons. The fourth-order valence-corrected chi connectivity index (χ4v) is 3.25. The maximum atomic E-state index is 14.6. The molecule has 0 fully saturated rings. The zero-order chi connectivity index (χ0) is 20.4. The lowest BCUT2D eigenvalue weighted by atomic mass is 9.99. The van der Waals surface area contributed by atoms with Crippen molar-refractivity contribution < 1.29 is 23.8 Å². The molecule has 1 unspecified atom stereocenters. The van der Waals surface area contributed by atoms with Crippen LogP contribution in [-0.4, -0.2) is 36.0 Å². The van der Waals surface area contributed by atoms with Crippen molar-refractivity contribution in [2.45, 2.75) is 26.4 Å². The van der Waals surface area contributed by atoms with Crippen molar-refractivity contribution in [3.63, 3.8) is 0 Å². The highest BCUT2D eigenvalue weighted by Crippen LogP contribution is 2.41. The average Bonchev–Trinajstić information content (AvgIpc) is 2.64. The van der Waals surface area contributed by atoms with E-state index in [1.54, 1.807) is 17.7 Å².